The largest absolute Gasteiger partial charge is 0.436 e. The first kappa shape index (κ1) is 6.80. The van der Waals surface area contributed by atoms with Gasteiger partial charge in [0.2, 0.25) is 0 Å². The maximum absolute atomic E-state index is 10.0. The highest BCUT2D eigenvalue weighted by Gasteiger charge is 2.13. The van der Waals surface area contributed by atoms with Crippen molar-refractivity contribution in [2.24, 2.45) is 0 Å². The van der Waals surface area contributed by atoms with Crippen LogP contribution in [0, 0.1) is 10.1 Å². The molecule has 0 aliphatic carbocycles. The van der Waals surface area contributed by atoms with E-state index in [4.69, 9.17) is 4.74 Å². The Balaban J connectivity index is 2.74. The molecular formula is C6H7NO3. The zero-order valence-corrected chi connectivity index (χ0v) is 5.53. The molecule has 0 atom stereocenters. The summed E-state index contributed by atoms with van der Waals surface area (Å²) < 4.78 is 4.75. The van der Waals surface area contributed by atoms with Crippen LogP contribution in [0.4, 0.5) is 0 Å². The molecule has 0 bridgehead atoms. The van der Waals surface area contributed by atoms with E-state index in [1.807, 2.05) is 6.92 Å². The molecule has 4 nitrogen and oxygen atoms in total. The van der Waals surface area contributed by atoms with Gasteiger partial charge >= 0.3 is 5.88 Å². The number of nitro groups is 1. The second kappa shape index (κ2) is 2.51. The van der Waals surface area contributed by atoms with Gasteiger partial charge < -0.3 is 4.74 Å². The van der Waals surface area contributed by atoms with Gasteiger partial charge in [0.05, 0.1) is 6.08 Å². The van der Waals surface area contributed by atoms with Crippen LogP contribution in [0.15, 0.2) is 23.6 Å². The molecule has 0 aromatic heterocycles. The minimum atomic E-state index is -0.539. The highest BCUT2D eigenvalue weighted by Crippen LogP contribution is 2.08. The number of rotatable bonds is 1. The monoisotopic (exact) mass is 141 g/mol. The first-order chi connectivity index (χ1) is 4.70. The molecule has 1 heterocycles. The summed E-state index contributed by atoms with van der Waals surface area (Å²) in [6.45, 7) is 2.18. The SMILES string of the molecule is CC1=CC=C([N+](=O)[O-])OC1. The third-order valence-electron chi connectivity index (χ3n) is 1.14. The van der Waals surface area contributed by atoms with E-state index in [0.29, 0.717) is 6.61 Å². The fourth-order valence-electron chi connectivity index (χ4n) is 0.611. The molecule has 54 valence electrons. The molecule has 0 unspecified atom stereocenters. The lowest BCUT2D eigenvalue weighted by Gasteiger charge is -2.05. The van der Waals surface area contributed by atoms with Crippen LogP contribution in [0.3, 0.4) is 0 Å². The maximum atomic E-state index is 10.0. The van der Waals surface area contributed by atoms with Crippen molar-refractivity contribution in [1.29, 1.82) is 0 Å². The zero-order valence-electron chi connectivity index (χ0n) is 5.53. The summed E-state index contributed by atoms with van der Waals surface area (Å²) in [4.78, 5) is 9.51. The van der Waals surface area contributed by atoms with E-state index in [2.05, 4.69) is 0 Å². The van der Waals surface area contributed by atoms with Crippen molar-refractivity contribution in [2.45, 2.75) is 6.92 Å². The summed E-state index contributed by atoms with van der Waals surface area (Å²) in [7, 11) is 0. The van der Waals surface area contributed by atoms with Crippen LogP contribution < -0.4 is 0 Å². The molecule has 0 aromatic carbocycles. The number of nitrogens with zero attached hydrogens (tertiary/aromatic N) is 1. The van der Waals surface area contributed by atoms with Gasteiger partial charge in [-0.05, 0) is 18.6 Å². The van der Waals surface area contributed by atoms with Crippen molar-refractivity contribution in [2.75, 3.05) is 6.61 Å². The van der Waals surface area contributed by atoms with Crippen LogP contribution in [0.25, 0.3) is 0 Å². The summed E-state index contributed by atoms with van der Waals surface area (Å²) in [5.74, 6) is -0.175. The molecule has 4 heteroatoms. The minimum absolute atomic E-state index is 0.175. The van der Waals surface area contributed by atoms with Crippen LogP contribution in [-0.4, -0.2) is 11.5 Å². The van der Waals surface area contributed by atoms with E-state index in [9.17, 15) is 10.1 Å². The third-order valence-corrected chi connectivity index (χ3v) is 1.14. The Morgan fingerprint density at radius 2 is 2.40 bits per heavy atom. The van der Waals surface area contributed by atoms with Gasteiger partial charge in [-0.25, -0.2) is 0 Å². The topological polar surface area (TPSA) is 52.4 Å². The lowest BCUT2D eigenvalue weighted by molar-refractivity contribution is -0.463. The summed E-state index contributed by atoms with van der Waals surface area (Å²) in [5, 5.41) is 10.0. The van der Waals surface area contributed by atoms with Crippen LogP contribution in [-0.2, 0) is 4.74 Å². The average Bonchev–Trinajstić information content (AvgIpc) is 1.88. The number of hydrogen-bond acceptors (Lipinski definition) is 3. The Morgan fingerprint density at radius 3 is 2.80 bits per heavy atom. The summed E-state index contributed by atoms with van der Waals surface area (Å²) in [5.41, 5.74) is 0.991. The predicted octanol–water partition coefficient (Wildman–Crippen LogP) is 1.08. The Labute approximate surface area is 57.9 Å². The maximum Gasteiger partial charge on any atom is 0.428 e. The van der Waals surface area contributed by atoms with Crippen molar-refractivity contribution in [3.8, 4) is 0 Å². The van der Waals surface area contributed by atoms with Crippen LogP contribution in [0.5, 0.6) is 0 Å². The zero-order chi connectivity index (χ0) is 7.56. The fourth-order valence-corrected chi connectivity index (χ4v) is 0.611. The second-order valence-electron chi connectivity index (χ2n) is 2.06. The van der Waals surface area contributed by atoms with Crippen molar-refractivity contribution < 1.29 is 9.66 Å². The lowest BCUT2D eigenvalue weighted by Crippen LogP contribution is -2.08. The van der Waals surface area contributed by atoms with Gasteiger partial charge in [0.1, 0.15) is 11.5 Å². The molecule has 0 fully saturated rings. The number of ether oxygens (including phenoxy) is 1. The Hall–Kier alpha value is -1.32. The molecule has 0 saturated heterocycles. The molecule has 0 radical (unpaired) electrons. The molecule has 1 aliphatic rings. The van der Waals surface area contributed by atoms with Crippen LogP contribution in [0.2, 0.25) is 0 Å². The molecule has 1 rings (SSSR count). The fraction of sp³-hybridized carbons (Fsp3) is 0.333. The Kier molecular flexibility index (Phi) is 1.71. The van der Waals surface area contributed by atoms with E-state index in [1.54, 1.807) is 6.08 Å². The van der Waals surface area contributed by atoms with E-state index in [1.165, 1.54) is 6.08 Å². The Morgan fingerprint density at radius 1 is 1.70 bits per heavy atom. The number of hydrogen-bond donors (Lipinski definition) is 0. The molecule has 0 amide bonds. The predicted molar refractivity (Wildman–Crippen MR) is 34.8 cm³/mol. The quantitative estimate of drug-likeness (QED) is 0.405. The van der Waals surface area contributed by atoms with Gasteiger partial charge in [-0.15, -0.1) is 0 Å². The van der Waals surface area contributed by atoms with Gasteiger partial charge in [0.15, 0.2) is 0 Å². The van der Waals surface area contributed by atoms with Gasteiger partial charge in [0, 0.05) is 0 Å². The van der Waals surface area contributed by atoms with E-state index >= 15 is 0 Å². The average molecular weight is 141 g/mol. The standard InChI is InChI=1S/C6H7NO3/c1-5-2-3-6(7(8)9)10-4-5/h2-3H,4H2,1H3. The van der Waals surface area contributed by atoms with Gasteiger partial charge in [-0.3, -0.25) is 10.1 Å². The van der Waals surface area contributed by atoms with Gasteiger partial charge in [-0.1, -0.05) is 0 Å². The molecule has 10 heavy (non-hydrogen) atoms. The van der Waals surface area contributed by atoms with Gasteiger partial charge in [-0.2, -0.15) is 0 Å². The van der Waals surface area contributed by atoms with E-state index in [0.717, 1.165) is 5.57 Å². The van der Waals surface area contributed by atoms with Crippen LogP contribution >= 0.6 is 0 Å². The first-order valence-electron chi connectivity index (χ1n) is 2.85. The van der Waals surface area contributed by atoms with E-state index in [-0.39, 0.29) is 5.88 Å². The highest BCUT2D eigenvalue weighted by molar-refractivity contribution is 5.14. The first-order valence-corrected chi connectivity index (χ1v) is 2.85. The number of allylic oxidation sites excluding steroid dienone is 2. The highest BCUT2D eigenvalue weighted by atomic mass is 16.7. The van der Waals surface area contributed by atoms with Crippen molar-refractivity contribution in [1.82, 2.24) is 0 Å². The third kappa shape index (κ3) is 1.34. The Bertz CT molecular complexity index is 217. The minimum Gasteiger partial charge on any atom is -0.436 e. The van der Waals surface area contributed by atoms with Crippen molar-refractivity contribution in [3.05, 3.63) is 33.7 Å². The van der Waals surface area contributed by atoms with Gasteiger partial charge in [0.25, 0.3) is 0 Å². The molecule has 0 N–H and O–H groups in total. The normalized spacial score (nSPS) is 16.9. The molecule has 0 spiro atoms. The molecule has 0 saturated carbocycles. The van der Waals surface area contributed by atoms with E-state index < -0.39 is 4.92 Å². The summed E-state index contributed by atoms with van der Waals surface area (Å²) in [6.07, 6.45) is 3.04. The summed E-state index contributed by atoms with van der Waals surface area (Å²) in [6, 6.07) is 0. The second-order valence-corrected chi connectivity index (χ2v) is 2.06. The molecule has 0 aromatic rings. The molecular weight excluding hydrogens is 134 g/mol. The smallest absolute Gasteiger partial charge is 0.428 e. The van der Waals surface area contributed by atoms with Crippen LogP contribution in [0.1, 0.15) is 6.92 Å². The van der Waals surface area contributed by atoms with Crippen molar-refractivity contribution >= 4 is 0 Å². The van der Waals surface area contributed by atoms with Crippen molar-refractivity contribution in [3.63, 3.8) is 0 Å². The summed E-state index contributed by atoms with van der Waals surface area (Å²) >= 11 is 0. The lowest BCUT2D eigenvalue weighted by atomic mass is 10.3. The molecule has 1 aliphatic heterocycles.